The van der Waals surface area contributed by atoms with Gasteiger partial charge in [0.2, 0.25) is 5.95 Å². The molecule has 0 amide bonds. The van der Waals surface area contributed by atoms with E-state index in [1.54, 1.807) is 6.20 Å². The molecule has 0 aliphatic heterocycles. The van der Waals surface area contributed by atoms with Crippen molar-refractivity contribution in [2.24, 2.45) is 13.0 Å². The molecule has 0 atom stereocenters. The van der Waals surface area contributed by atoms with Gasteiger partial charge in [-0.1, -0.05) is 50.6 Å². The zero-order chi connectivity index (χ0) is 21.3. The van der Waals surface area contributed by atoms with Crippen LogP contribution in [0.25, 0.3) is 11.3 Å². The summed E-state index contributed by atoms with van der Waals surface area (Å²) in [7, 11) is 1.94. The molecule has 0 unspecified atom stereocenters. The molecule has 2 aromatic heterocycles. The van der Waals surface area contributed by atoms with Crippen molar-refractivity contribution in [1.29, 1.82) is 0 Å². The van der Waals surface area contributed by atoms with Gasteiger partial charge in [0.1, 0.15) is 0 Å². The highest BCUT2D eigenvalue weighted by Gasteiger charge is 2.26. The minimum atomic E-state index is 0.232. The number of rotatable bonds is 8. The number of nitrogens with two attached hydrogens (primary N) is 1. The van der Waals surface area contributed by atoms with E-state index >= 15 is 0 Å². The molecule has 2 heterocycles. The van der Waals surface area contributed by atoms with Crippen molar-refractivity contribution in [3.63, 3.8) is 0 Å². The Hall–Kier alpha value is -1.66. The van der Waals surface area contributed by atoms with Crippen LogP contribution in [0.2, 0.25) is 5.02 Å². The molecule has 3 N–H and O–H groups in total. The van der Waals surface area contributed by atoms with E-state index in [0.717, 1.165) is 29.6 Å². The van der Waals surface area contributed by atoms with Crippen LogP contribution in [0.15, 0.2) is 12.4 Å². The van der Waals surface area contributed by atoms with E-state index in [1.807, 2.05) is 11.7 Å². The maximum absolute atomic E-state index is 6.15. The van der Waals surface area contributed by atoms with E-state index in [9.17, 15) is 0 Å². The molecule has 166 valence electrons. The van der Waals surface area contributed by atoms with E-state index in [1.165, 1.54) is 76.9 Å². The van der Waals surface area contributed by atoms with Gasteiger partial charge < -0.3 is 11.1 Å². The molecule has 0 aromatic carbocycles. The first-order valence-electron chi connectivity index (χ1n) is 11.6. The first-order valence-corrected chi connectivity index (χ1v) is 12.0. The third-order valence-corrected chi connectivity index (χ3v) is 6.35. The quantitative estimate of drug-likeness (QED) is 0.562. The number of nitrogens with one attached hydrogen (secondary N) is 1. The summed E-state index contributed by atoms with van der Waals surface area (Å²) in [6.07, 6.45) is 18.3. The SMILES string of the molecule is CCCCCNC1CCCCC1.Cn1ncc(-c2nc(N)ncc2Cl)c1CC1CC1. The minimum Gasteiger partial charge on any atom is -0.368 e. The van der Waals surface area contributed by atoms with Crippen LogP contribution < -0.4 is 11.1 Å². The molecular formula is C23H37ClN6. The van der Waals surface area contributed by atoms with Crippen LogP contribution in [0.3, 0.4) is 0 Å². The van der Waals surface area contributed by atoms with Crippen molar-refractivity contribution >= 4 is 17.5 Å². The van der Waals surface area contributed by atoms with Gasteiger partial charge in [0, 0.05) is 24.3 Å². The van der Waals surface area contributed by atoms with Gasteiger partial charge in [-0.3, -0.25) is 4.68 Å². The monoisotopic (exact) mass is 432 g/mol. The predicted molar refractivity (Wildman–Crippen MR) is 124 cm³/mol. The first-order chi connectivity index (χ1) is 14.6. The fourth-order valence-electron chi connectivity index (χ4n) is 4.06. The maximum atomic E-state index is 6.15. The standard InChI is InChI=1S/C12H14ClN5.C11H23N/c1-18-10(4-7-2-3-7)8(5-16-18)11-9(13)6-15-12(14)17-11;1-2-3-7-10-12-11-8-5-4-6-9-11/h5-7H,2-4H2,1H3,(H2,14,15,17);11-12H,2-10H2,1H3. The summed E-state index contributed by atoms with van der Waals surface area (Å²) in [4.78, 5) is 8.11. The Kier molecular flexibility index (Phi) is 8.94. The fraction of sp³-hybridized carbons (Fsp3) is 0.696. The van der Waals surface area contributed by atoms with Gasteiger partial charge in [-0.15, -0.1) is 0 Å². The summed E-state index contributed by atoms with van der Waals surface area (Å²) >= 11 is 6.15. The van der Waals surface area contributed by atoms with Crippen LogP contribution in [-0.2, 0) is 13.5 Å². The summed E-state index contributed by atoms with van der Waals surface area (Å²) in [5, 5.41) is 8.47. The van der Waals surface area contributed by atoms with E-state index in [-0.39, 0.29) is 5.95 Å². The molecule has 0 bridgehead atoms. The van der Waals surface area contributed by atoms with Crippen molar-refractivity contribution < 1.29 is 0 Å². The molecule has 2 aliphatic carbocycles. The number of halogens is 1. The second kappa shape index (κ2) is 11.7. The fourth-order valence-corrected chi connectivity index (χ4v) is 4.25. The van der Waals surface area contributed by atoms with Crippen LogP contribution in [-0.4, -0.2) is 32.3 Å². The third-order valence-electron chi connectivity index (χ3n) is 6.08. The molecule has 2 aromatic rings. The highest BCUT2D eigenvalue weighted by atomic mass is 35.5. The largest absolute Gasteiger partial charge is 0.368 e. The number of anilines is 1. The summed E-state index contributed by atoms with van der Waals surface area (Å²) < 4.78 is 1.89. The normalized spacial score (nSPS) is 16.9. The second-order valence-corrected chi connectivity index (χ2v) is 9.10. The number of nitrogens with zero attached hydrogens (tertiary/aromatic N) is 4. The van der Waals surface area contributed by atoms with Crippen LogP contribution in [0.5, 0.6) is 0 Å². The first kappa shape index (κ1) is 23.0. The smallest absolute Gasteiger partial charge is 0.220 e. The summed E-state index contributed by atoms with van der Waals surface area (Å²) in [5.74, 6) is 1.01. The molecule has 6 nitrogen and oxygen atoms in total. The Balaban J connectivity index is 0.000000187. The summed E-state index contributed by atoms with van der Waals surface area (Å²) in [6.45, 7) is 3.51. The van der Waals surface area contributed by atoms with Gasteiger partial charge in [-0.25, -0.2) is 9.97 Å². The number of aromatic nitrogens is 4. The Bertz CT molecular complexity index is 780. The van der Waals surface area contributed by atoms with Crippen LogP contribution in [0.4, 0.5) is 5.95 Å². The molecule has 2 fully saturated rings. The Morgan fingerprint density at radius 1 is 1.13 bits per heavy atom. The number of aryl methyl sites for hydroxylation is 1. The molecule has 0 spiro atoms. The van der Waals surface area contributed by atoms with Crippen molar-refractivity contribution in [2.75, 3.05) is 12.3 Å². The zero-order valence-electron chi connectivity index (χ0n) is 18.5. The minimum absolute atomic E-state index is 0.232. The molecule has 0 radical (unpaired) electrons. The number of unbranched alkanes of at least 4 members (excludes halogenated alkanes) is 2. The molecule has 30 heavy (non-hydrogen) atoms. The highest BCUT2D eigenvalue weighted by molar-refractivity contribution is 6.32. The average molecular weight is 433 g/mol. The van der Waals surface area contributed by atoms with Crippen molar-refractivity contribution in [2.45, 2.75) is 83.6 Å². The van der Waals surface area contributed by atoms with Gasteiger partial charge in [0.25, 0.3) is 0 Å². The third kappa shape index (κ3) is 6.95. The topological polar surface area (TPSA) is 81.7 Å². The summed E-state index contributed by atoms with van der Waals surface area (Å²) in [6, 6.07) is 0.857. The Morgan fingerprint density at radius 2 is 1.90 bits per heavy atom. The Morgan fingerprint density at radius 3 is 2.60 bits per heavy atom. The molecule has 4 rings (SSSR count). The second-order valence-electron chi connectivity index (χ2n) is 8.70. The molecule has 2 aliphatic rings. The van der Waals surface area contributed by atoms with Crippen molar-refractivity contribution in [1.82, 2.24) is 25.1 Å². The molecular weight excluding hydrogens is 396 g/mol. The van der Waals surface area contributed by atoms with E-state index in [0.29, 0.717) is 10.7 Å². The summed E-state index contributed by atoms with van der Waals surface area (Å²) in [5.41, 5.74) is 8.43. The Labute approximate surface area is 186 Å². The van der Waals surface area contributed by atoms with Crippen molar-refractivity contribution in [3.8, 4) is 11.3 Å². The lowest BCUT2D eigenvalue weighted by molar-refractivity contribution is 0.370. The van der Waals surface area contributed by atoms with Gasteiger partial charge >= 0.3 is 0 Å². The molecule has 7 heteroatoms. The van der Waals surface area contributed by atoms with E-state index in [2.05, 4.69) is 27.3 Å². The van der Waals surface area contributed by atoms with Crippen LogP contribution >= 0.6 is 11.6 Å². The number of hydrogen-bond acceptors (Lipinski definition) is 5. The van der Waals surface area contributed by atoms with Gasteiger partial charge in [0.05, 0.1) is 23.1 Å². The van der Waals surface area contributed by atoms with E-state index in [4.69, 9.17) is 17.3 Å². The highest BCUT2D eigenvalue weighted by Crippen LogP contribution is 2.36. The lowest BCUT2D eigenvalue weighted by Gasteiger charge is -2.22. The maximum Gasteiger partial charge on any atom is 0.220 e. The zero-order valence-corrected chi connectivity index (χ0v) is 19.3. The van der Waals surface area contributed by atoms with Gasteiger partial charge in [-0.2, -0.15) is 5.10 Å². The van der Waals surface area contributed by atoms with Crippen molar-refractivity contribution in [3.05, 3.63) is 23.1 Å². The van der Waals surface area contributed by atoms with Crippen LogP contribution in [0.1, 0.15) is 76.8 Å². The number of hydrogen-bond donors (Lipinski definition) is 2. The van der Waals surface area contributed by atoms with Gasteiger partial charge in [0.15, 0.2) is 0 Å². The lowest BCUT2D eigenvalue weighted by atomic mass is 9.95. The van der Waals surface area contributed by atoms with E-state index < -0.39 is 0 Å². The molecule has 0 saturated heterocycles. The average Bonchev–Trinajstić information content (AvgIpc) is 3.51. The van der Waals surface area contributed by atoms with Crippen LogP contribution in [0, 0.1) is 5.92 Å². The number of nitrogen functional groups attached to an aromatic ring is 1. The lowest BCUT2D eigenvalue weighted by Crippen LogP contribution is -2.31. The predicted octanol–water partition coefficient (Wildman–Crippen LogP) is 5.16. The van der Waals surface area contributed by atoms with Gasteiger partial charge in [-0.05, 0) is 51.0 Å². The molecule has 2 saturated carbocycles.